The lowest BCUT2D eigenvalue weighted by Gasteiger charge is -2.23. The van der Waals surface area contributed by atoms with E-state index in [2.05, 4.69) is 25.6 Å². The van der Waals surface area contributed by atoms with Crippen molar-refractivity contribution in [3.8, 4) is 11.1 Å². The molecule has 3 rings (SSSR count). The van der Waals surface area contributed by atoms with Crippen LogP contribution in [0.15, 0.2) is 30.6 Å². The summed E-state index contributed by atoms with van der Waals surface area (Å²) in [5.41, 5.74) is -0.286. The molecule has 3 aromatic rings. The van der Waals surface area contributed by atoms with Crippen LogP contribution in [-0.2, 0) is 14.4 Å². The fourth-order valence-electron chi connectivity index (χ4n) is 3.04. The lowest BCUT2D eigenvalue weighted by Crippen LogP contribution is -2.42. The molecule has 2 amide bonds. The van der Waals surface area contributed by atoms with E-state index in [1.54, 1.807) is 7.05 Å². The van der Waals surface area contributed by atoms with Gasteiger partial charge in [0.1, 0.15) is 11.5 Å². The molecule has 0 aliphatic heterocycles. The molecule has 0 aliphatic carbocycles. The van der Waals surface area contributed by atoms with Crippen LogP contribution < -0.4 is 15.7 Å². The molecular weight excluding hydrogens is 482 g/mol. The number of hydroxylamine groups is 1. The number of nitrogens with one attached hydrogen (secondary N) is 2. The Morgan fingerprint density at radius 2 is 1.83 bits per heavy atom. The van der Waals surface area contributed by atoms with Crippen molar-refractivity contribution in [3.63, 3.8) is 0 Å². The number of nitrogens with zero attached hydrogens (tertiary/aromatic N) is 4. The van der Waals surface area contributed by atoms with Crippen molar-refractivity contribution in [3.05, 3.63) is 42.2 Å². The third kappa shape index (κ3) is 6.79. The molecule has 2 N–H and O–H groups in total. The van der Waals surface area contributed by atoms with Crippen LogP contribution in [0.5, 0.6) is 0 Å². The molecule has 2 aromatic heterocycles. The maximum atomic E-state index is 14.8. The predicted octanol–water partition coefficient (Wildman–Crippen LogP) is 3.86. The highest BCUT2D eigenvalue weighted by Crippen LogP contribution is 2.32. The summed E-state index contributed by atoms with van der Waals surface area (Å²) >= 11 is 0. The van der Waals surface area contributed by atoms with Gasteiger partial charge in [0.05, 0.1) is 6.26 Å². The summed E-state index contributed by atoms with van der Waals surface area (Å²) in [5, 5.41) is 6.02. The standard InChI is InChI=1S/C22H26F2N6O4S/c1-22(2,3)6-7-26-21(31)30(34-35(5,32)33)18-9-15(16(23)10-17(18)24)13-8-14-12-28-20(25-4)29-19(14)27-11-13/h8-12H,6-7H2,1-5H3,(H,26,31)(H,25,27,28,29). The summed E-state index contributed by atoms with van der Waals surface area (Å²) in [5.74, 6) is -1.80. The van der Waals surface area contributed by atoms with Crippen molar-refractivity contribution in [2.24, 2.45) is 5.41 Å². The van der Waals surface area contributed by atoms with Gasteiger partial charge in [0.2, 0.25) is 5.95 Å². The van der Waals surface area contributed by atoms with Crippen LogP contribution in [0.25, 0.3) is 22.2 Å². The number of amides is 2. The van der Waals surface area contributed by atoms with E-state index in [4.69, 9.17) is 4.28 Å². The molecule has 0 saturated carbocycles. The molecule has 0 bridgehead atoms. The van der Waals surface area contributed by atoms with Crippen LogP contribution in [0.1, 0.15) is 27.2 Å². The number of fused-ring (bicyclic) bond motifs is 1. The number of halogens is 2. The smallest absolute Gasteiger partial charge is 0.347 e. The lowest BCUT2D eigenvalue weighted by atomic mass is 9.92. The van der Waals surface area contributed by atoms with Gasteiger partial charge in [-0.05, 0) is 24.0 Å². The number of hydrogen-bond acceptors (Lipinski definition) is 8. The molecule has 35 heavy (non-hydrogen) atoms. The Morgan fingerprint density at radius 3 is 2.46 bits per heavy atom. The summed E-state index contributed by atoms with van der Waals surface area (Å²) in [6.45, 7) is 6.04. The molecule has 0 aliphatic rings. The van der Waals surface area contributed by atoms with Gasteiger partial charge in [-0.15, -0.1) is 9.35 Å². The highest BCUT2D eigenvalue weighted by atomic mass is 32.2. The molecule has 13 heteroatoms. The van der Waals surface area contributed by atoms with Gasteiger partial charge in [0.15, 0.2) is 11.5 Å². The Morgan fingerprint density at radius 1 is 1.11 bits per heavy atom. The number of aromatic nitrogens is 3. The maximum absolute atomic E-state index is 14.8. The average molecular weight is 509 g/mol. The minimum absolute atomic E-state index is 0.120. The van der Waals surface area contributed by atoms with E-state index < -0.39 is 33.5 Å². The number of hydrogen-bond donors (Lipinski definition) is 2. The highest BCUT2D eigenvalue weighted by molar-refractivity contribution is 7.86. The van der Waals surface area contributed by atoms with E-state index in [1.807, 2.05) is 20.8 Å². The zero-order valence-corrected chi connectivity index (χ0v) is 20.7. The fourth-order valence-corrected chi connectivity index (χ4v) is 3.46. The van der Waals surface area contributed by atoms with Gasteiger partial charge in [-0.25, -0.2) is 23.5 Å². The van der Waals surface area contributed by atoms with E-state index >= 15 is 0 Å². The van der Waals surface area contributed by atoms with Gasteiger partial charge < -0.3 is 10.6 Å². The molecule has 0 radical (unpaired) electrons. The topological polar surface area (TPSA) is 126 Å². The Labute approximate surface area is 201 Å². The Kier molecular flexibility index (Phi) is 7.50. The number of anilines is 2. The first kappa shape index (κ1) is 26.2. The van der Waals surface area contributed by atoms with Crippen molar-refractivity contribution in [2.45, 2.75) is 27.2 Å². The third-order valence-corrected chi connectivity index (χ3v) is 5.19. The number of carbonyl (C=O) groups is 1. The average Bonchev–Trinajstić information content (AvgIpc) is 2.75. The van der Waals surface area contributed by atoms with Crippen LogP contribution in [0.4, 0.5) is 25.2 Å². The first-order valence-corrected chi connectivity index (χ1v) is 12.4. The second-order valence-corrected chi connectivity index (χ2v) is 10.5. The van der Waals surface area contributed by atoms with Gasteiger partial charge in [-0.3, -0.25) is 0 Å². The van der Waals surface area contributed by atoms with Gasteiger partial charge >= 0.3 is 6.03 Å². The van der Waals surface area contributed by atoms with Gasteiger partial charge in [-0.2, -0.15) is 13.4 Å². The van der Waals surface area contributed by atoms with Crippen molar-refractivity contribution in [1.29, 1.82) is 0 Å². The van der Waals surface area contributed by atoms with Gasteiger partial charge in [0, 0.05) is 48.6 Å². The molecular formula is C22H26F2N6O4S. The molecule has 0 fully saturated rings. The van der Waals surface area contributed by atoms with Gasteiger partial charge in [0.25, 0.3) is 10.1 Å². The highest BCUT2D eigenvalue weighted by Gasteiger charge is 2.27. The minimum atomic E-state index is -4.24. The van der Waals surface area contributed by atoms with E-state index in [9.17, 15) is 22.0 Å². The number of carbonyl (C=O) groups excluding carboxylic acids is 1. The maximum Gasteiger partial charge on any atom is 0.347 e. The van der Waals surface area contributed by atoms with Crippen LogP contribution in [-0.4, -0.2) is 49.2 Å². The van der Waals surface area contributed by atoms with E-state index in [-0.39, 0.29) is 28.1 Å². The summed E-state index contributed by atoms with van der Waals surface area (Å²) in [7, 11) is -2.59. The summed E-state index contributed by atoms with van der Waals surface area (Å²) in [6, 6.07) is 2.02. The Bertz CT molecular complexity index is 1360. The first-order valence-electron chi connectivity index (χ1n) is 10.5. The van der Waals surface area contributed by atoms with Crippen LogP contribution in [0.3, 0.4) is 0 Å². The summed E-state index contributed by atoms with van der Waals surface area (Å²) in [4.78, 5) is 25.2. The zero-order chi connectivity index (χ0) is 26.0. The van der Waals surface area contributed by atoms with Crippen LogP contribution >= 0.6 is 0 Å². The second-order valence-electron chi connectivity index (χ2n) is 8.98. The van der Waals surface area contributed by atoms with Crippen LogP contribution in [0, 0.1) is 17.0 Å². The second kappa shape index (κ2) is 10.0. The quantitative estimate of drug-likeness (QED) is 0.461. The van der Waals surface area contributed by atoms with Crippen molar-refractivity contribution in [1.82, 2.24) is 20.3 Å². The van der Waals surface area contributed by atoms with E-state index in [1.165, 1.54) is 18.5 Å². The predicted molar refractivity (Wildman–Crippen MR) is 128 cm³/mol. The molecule has 0 spiro atoms. The lowest BCUT2D eigenvalue weighted by molar-refractivity contribution is 0.212. The van der Waals surface area contributed by atoms with Crippen molar-refractivity contribution in [2.75, 3.05) is 30.2 Å². The number of pyridine rings is 1. The molecule has 0 atom stereocenters. The number of urea groups is 1. The van der Waals surface area contributed by atoms with Crippen LogP contribution in [0.2, 0.25) is 0 Å². The molecule has 2 heterocycles. The van der Waals surface area contributed by atoms with Crippen molar-refractivity contribution >= 4 is 38.8 Å². The number of benzene rings is 1. The first-order chi connectivity index (χ1) is 16.3. The minimum Gasteiger partial charge on any atom is -0.357 e. The zero-order valence-electron chi connectivity index (χ0n) is 19.9. The van der Waals surface area contributed by atoms with Crippen molar-refractivity contribution < 1.29 is 26.3 Å². The molecule has 188 valence electrons. The third-order valence-electron chi connectivity index (χ3n) is 4.77. The fraction of sp³-hybridized carbons (Fsp3) is 0.364. The normalized spacial score (nSPS) is 12.0. The largest absolute Gasteiger partial charge is 0.357 e. The monoisotopic (exact) mass is 508 g/mol. The Balaban J connectivity index is 2.03. The molecule has 0 unspecified atom stereocenters. The summed E-state index contributed by atoms with van der Waals surface area (Å²) < 4.78 is 58.0. The van der Waals surface area contributed by atoms with Gasteiger partial charge in [-0.1, -0.05) is 20.8 Å². The summed E-state index contributed by atoms with van der Waals surface area (Å²) in [6.07, 6.45) is 4.06. The molecule has 1 aromatic carbocycles. The number of rotatable bonds is 7. The van der Waals surface area contributed by atoms with E-state index in [0.29, 0.717) is 35.7 Å². The molecule has 0 saturated heterocycles. The van der Waals surface area contributed by atoms with E-state index in [0.717, 1.165) is 6.07 Å². The SMILES string of the molecule is CNc1ncc2cc(-c3cc(N(OS(C)(=O)=O)C(=O)NCCC(C)(C)C)c(F)cc3F)cnc2n1. The Hall–Kier alpha value is -3.45. The molecule has 10 nitrogen and oxygen atoms in total.